The standard InChI is InChI=1S/2C21H17FN2O2/c22-19-6-2-5-17(18(19)13-26)16-7-8-21-23-20(11-24(21)10-16)15-4-1-3-14(9-15)12-25;22-19-3-1-2-17(18(19)13-26)16-8-9-21-23-20(11-24(21)10-16)15-6-4-14(12-25)5-7-15/h2*1-11,25-26H,12-13H2. The fourth-order valence-corrected chi connectivity index (χ4v) is 6.17. The van der Waals surface area contributed by atoms with E-state index in [1.165, 1.54) is 12.1 Å². The summed E-state index contributed by atoms with van der Waals surface area (Å²) < 4.78 is 31.7. The van der Waals surface area contributed by atoms with Crippen molar-refractivity contribution >= 4 is 11.3 Å². The number of pyridine rings is 2. The third-order valence-electron chi connectivity index (χ3n) is 8.92. The minimum atomic E-state index is -0.419. The highest BCUT2D eigenvalue weighted by Crippen LogP contribution is 2.29. The molecule has 0 aliphatic rings. The molecule has 0 atom stereocenters. The lowest BCUT2D eigenvalue weighted by molar-refractivity contribution is 0.276. The molecule has 0 saturated carbocycles. The highest BCUT2D eigenvalue weighted by Gasteiger charge is 2.13. The lowest BCUT2D eigenvalue weighted by Crippen LogP contribution is -1.95. The van der Waals surface area contributed by atoms with Crippen molar-refractivity contribution in [3.8, 4) is 44.8 Å². The average molecular weight is 697 g/mol. The molecule has 10 heteroatoms. The second-order valence-electron chi connectivity index (χ2n) is 12.2. The van der Waals surface area contributed by atoms with E-state index in [4.69, 9.17) is 5.11 Å². The van der Waals surface area contributed by atoms with E-state index in [1.54, 1.807) is 24.3 Å². The van der Waals surface area contributed by atoms with Gasteiger partial charge < -0.3 is 29.2 Å². The number of rotatable bonds is 8. The molecule has 0 aliphatic heterocycles. The van der Waals surface area contributed by atoms with Gasteiger partial charge in [-0.3, -0.25) is 0 Å². The van der Waals surface area contributed by atoms with Crippen LogP contribution in [0.1, 0.15) is 22.3 Å². The van der Waals surface area contributed by atoms with Gasteiger partial charge in [0, 0.05) is 47.0 Å². The van der Waals surface area contributed by atoms with E-state index in [2.05, 4.69) is 9.97 Å². The van der Waals surface area contributed by atoms with E-state index in [0.29, 0.717) is 11.1 Å². The number of hydrogen-bond donors (Lipinski definition) is 4. The van der Waals surface area contributed by atoms with Crippen LogP contribution in [0, 0.1) is 11.6 Å². The molecule has 52 heavy (non-hydrogen) atoms. The number of aromatic nitrogens is 4. The van der Waals surface area contributed by atoms with Crippen LogP contribution in [-0.2, 0) is 26.4 Å². The zero-order valence-corrected chi connectivity index (χ0v) is 27.9. The Morgan fingerprint density at radius 1 is 0.442 bits per heavy atom. The largest absolute Gasteiger partial charge is 0.392 e. The molecule has 8 rings (SSSR count). The Hall–Kier alpha value is -6.04. The van der Waals surface area contributed by atoms with E-state index >= 15 is 0 Å². The number of aliphatic hydroxyl groups excluding tert-OH is 4. The third kappa shape index (κ3) is 6.96. The molecule has 0 unspecified atom stereocenters. The number of hydrogen-bond acceptors (Lipinski definition) is 6. The summed E-state index contributed by atoms with van der Waals surface area (Å²) in [5.74, 6) is -0.836. The van der Waals surface area contributed by atoms with Crippen LogP contribution < -0.4 is 0 Å². The fraction of sp³-hybridized carbons (Fsp3) is 0.0952. The molecule has 8 aromatic rings. The lowest BCUT2D eigenvalue weighted by Gasteiger charge is -2.09. The minimum absolute atomic E-state index is 0.00956. The molecule has 8 nitrogen and oxygen atoms in total. The van der Waals surface area contributed by atoms with Crippen molar-refractivity contribution in [2.24, 2.45) is 0 Å². The molecular weight excluding hydrogens is 662 g/mol. The number of aliphatic hydroxyl groups is 4. The summed E-state index contributed by atoms with van der Waals surface area (Å²) in [5.41, 5.74) is 10.2. The van der Waals surface area contributed by atoms with Gasteiger partial charge in [0.15, 0.2) is 0 Å². The van der Waals surface area contributed by atoms with E-state index < -0.39 is 11.6 Å². The number of nitrogens with zero attached hydrogens (tertiary/aromatic N) is 4. The van der Waals surface area contributed by atoms with Gasteiger partial charge in [0.1, 0.15) is 22.9 Å². The Kier molecular flexibility index (Phi) is 9.96. The summed E-state index contributed by atoms with van der Waals surface area (Å²) >= 11 is 0. The van der Waals surface area contributed by atoms with Crippen molar-refractivity contribution < 1.29 is 29.2 Å². The molecule has 0 radical (unpaired) electrons. The van der Waals surface area contributed by atoms with Gasteiger partial charge in [-0.25, -0.2) is 18.7 Å². The first-order valence-electron chi connectivity index (χ1n) is 16.5. The molecular formula is C42H34F2N4O4. The van der Waals surface area contributed by atoms with Crippen molar-refractivity contribution in [3.63, 3.8) is 0 Å². The van der Waals surface area contributed by atoms with Crippen LogP contribution in [0.15, 0.2) is 134 Å². The van der Waals surface area contributed by atoms with Crippen molar-refractivity contribution in [1.82, 2.24) is 18.8 Å². The minimum Gasteiger partial charge on any atom is -0.392 e. The fourth-order valence-electron chi connectivity index (χ4n) is 6.17. The normalized spacial score (nSPS) is 11.2. The van der Waals surface area contributed by atoms with Crippen molar-refractivity contribution in [2.45, 2.75) is 26.4 Å². The summed E-state index contributed by atoms with van der Waals surface area (Å²) in [6.45, 7) is -0.722. The average Bonchev–Trinajstić information content (AvgIpc) is 3.82. The molecule has 260 valence electrons. The summed E-state index contributed by atoms with van der Waals surface area (Å²) in [5, 5.41) is 37.4. The van der Waals surface area contributed by atoms with Gasteiger partial charge in [-0.2, -0.15) is 0 Å². The van der Waals surface area contributed by atoms with Crippen LogP contribution in [0.25, 0.3) is 56.1 Å². The first kappa shape index (κ1) is 34.4. The highest BCUT2D eigenvalue weighted by molar-refractivity contribution is 5.72. The summed E-state index contributed by atoms with van der Waals surface area (Å²) in [6, 6.07) is 32.2. The zero-order valence-electron chi connectivity index (χ0n) is 27.9. The number of imidazole rings is 2. The van der Waals surface area contributed by atoms with Crippen LogP contribution in [0.5, 0.6) is 0 Å². The summed E-state index contributed by atoms with van der Waals surface area (Å²) in [4.78, 5) is 9.22. The lowest BCUT2D eigenvalue weighted by atomic mass is 10.0. The van der Waals surface area contributed by atoms with E-state index in [-0.39, 0.29) is 37.6 Å². The molecule has 0 aliphatic carbocycles. The van der Waals surface area contributed by atoms with Gasteiger partial charge in [-0.15, -0.1) is 0 Å². The molecule has 0 spiro atoms. The molecule has 0 fully saturated rings. The van der Waals surface area contributed by atoms with Crippen LogP contribution in [0.2, 0.25) is 0 Å². The molecule has 4 aromatic heterocycles. The van der Waals surface area contributed by atoms with E-state index in [0.717, 1.165) is 56.1 Å². The highest BCUT2D eigenvalue weighted by atomic mass is 19.1. The smallest absolute Gasteiger partial charge is 0.137 e. The van der Waals surface area contributed by atoms with Crippen molar-refractivity contribution in [2.75, 3.05) is 0 Å². The SMILES string of the molecule is OCc1ccc(-c2cn3cc(-c4cccc(F)c4CO)ccc3n2)cc1.OCc1cccc(-c2cn3cc(-c4cccc(F)c4CO)ccc3n2)c1. The maximum absolute atomic E-state index is 13.9. The van der Waals surface area contributed by atoms with Crippen molar-refractivity contribution in [3.05, 3.63) is 168 Å². The van der Waals surface area contributed by atoms with E-state index in [9.17, 15) is 24.1 Å². The molecule has 4 N–H and O–H groups in total. The molecule has 0 saturated heterocycles. The molecule has 4 heterocycles. The van der Waals surface area contributed by atoms with Crippen LogP contribution in [-0.4, -0.2) is 39.2 Å². The quantitative estimate of drug-likeness (QED) is 0.130. The van der Waals surface area contributed by atoms with Gasteiger partial charge in [0.25, 0.3) is 0 Å². The Bertz CT molecular complexity index is 2510. The van der Waals surface area contributed by atoms with E-state index in [1.807, 2.05) is 106 Å². The van der Waals surface area contributed by atoms with Crippen LogP contribution >= 0.6 is 0 Å². The van der Waals surface area contributed by atoms with Gasteiger partial charge >= 0.3 is 0 Å². The monoisotopic (exact) mass is 696 g/mol. The number of fused-ring (bicyclic) bond motifs is 2. The summed E-state index contributed by atoms with van der Waals surface area (Å²) in [7, 11) is 0. The van der Waals surface area contributed by atoms with Gasteiger partial charge in [0.2, 0.25) is 0 Å². The van der Waals surface area contributed by atoms with Crippen LogP contribution in [0.3, 0.4) is 0 Å². The maximum atomic E-state index is 13.9. The topological polar surface area (TPSA) is 116 Å². The maximum Gasteiger partial charge on any atom is 0.137 e. The van der Waals surface area contributed by atoms with Crippen LogP contribution in [0.4, 0.5) is 8.78 Å². The Morgan fingerprint density at radius 2 is 0.923 bits per heavy atom. The third-order valence-corrected chi connectivity index (χ3v) is 8.92. The molecule has 0 amide bonds. The Morgan fingerprint density at radius 3 is 1.42 bits per heavy atom. The van der Waals surface area contributed by atoms with Gasteiger partial charge in [-0.05, 0) is 75.8 Å². The second kappa shape index (κ2) is 15.1. The number of benzene rings is 4. The second-order valence-corrected chi connectivity index (χ2v) is 12.2. The zero-order chi connectivity index (χ0) is 36.2. The molecule has 0 bridgehead atoms. The summed E-state index contributed by atoms with van der Waals surface area (Å²) in [6.07, 6.45) is 7.55. The number of halogens is 2. The first-order chi connectivity index (χ1) is 25.4. The Balaban J connectivity index is 0.000000162. The predicted molar refractivity (Wildman–Crippen MR) is 196 cm³/mol. The van der Waals surface area contributed by atoms with Crippen molar-refractivity contribution in [1.29, 1.82) is 0 Å². The first-order valence-corrected chi connectivity index (χ1v) is 16.5. The van der Waals surface area contributed by atoms with Gasteiger partial charge in [0.05, 0.1) is 37.8 Å². The molecule has 4 aromatic carbocycles. The van der Waals surface area contributed by atoms with Gasteiger partial charge in [-0.1, -0.05) is 66.7 Å². The Labute approximate surface area is 297 Å². The predicted octanol–water partition coefficient (Wildman–Crippen LogP) is 7.58.